The third-order valence-corrected chi connectivity index (χ3v) is 6.43. The summed E-state index contributed by atoms with van der Waals surface area (Å²) in [5, 5.41) is 2.85. The molecule has 0 heterocycles. The Morgan fingerprint density at radius 2 is 0.932 bits per heavy atom. The van der Waals surface area contributed by atoms with Crippen LogP contribution in [0.5, 0.6) is 40.2 Å². The SMILES string of the molecule is COc1cc(OC)c(C(=O)Nc2ccc(C#Cc3ccc(OC(=O)c4cc(OC)c(OC)cc4OC)cc3)cc2)cc1OC. The van der Waals surface area contributed by atoms with Gasteiger partial charge in [-0.05, 0) is 48.5 Å². The number of carbonyl (C=O) groups excluding carboxylic acids is 2. The molecule has 4 rings (SSSR count). The number of esters is 1. The maximum atomic E-state index is 13.0. The second kappa shape index (κ2) is 14.4. The summed E-state index contributed by atoms with van der Waals surface area (Å²) in [7, 11) is 8.90. The molecule has 0 fully saturated rings. The first-order valence-electron chi connectivity index (χ1n) is 13.2. The van der Waals surface area contributed by atoms with Crippen molar-refractivity contribution in [3.05, 3.63) is 95.1 Å². The molecule has 44 heavy (non-hydrogen) atoms. The van der Waals surface area contributed by atoms with Crippen molar-refractivity contribution in [2.75, 3.05) is 48.0 Å². The Morgan fingerprint density at radius 3 is 1.41 bits per heavy atom. The first-order chi connectivity index (χ1) is 21.3. The van der Waals surface area contributed by atoms with Crippen molar-refractivity contribution >= 4 is 17.6 Å². The van der Waals surface area contributed by atoms with Crippen LogP contribution in [0.4, 0.5) is 5.69 Å². The highest BCUT2D eigenvalue weighted by atomic mass is 16.5. The van der Waals surface area contributed by atoms with Crippen molar-refractivity contribution < 1.29 is 42.7 Å². The first-order valence-corrected chi connectivity index (χ1v) is 13.2. The lowest BCUT2D eigenvalue weighted by Crippen LogP contribution is -2.13. The third-order valence-electron chi connectivity index (χ3n) is 6.43. The Morgan fingerprint density at radius 1 is 0.523 bits per heavy atom. The lowest BCUT2D eigenvalue weighted by molar-refractivity contribution is 0.0730. The molecule has 0 saturated heterocycles. The number of hydrogen-bond donors (Lipinski definition) is 1. The van der Waals surface area contributed by atoms with E-state index in [1.165, 1.54) is 48.7 Å². The van der Waals surface area contributed by atoms with Gasteiger partial charge in [0.15, 0.2) is 23.0 Å². The molecule has 0 spiro atoms. The van der Waals surface area contributed by atoms with Gasteiger partial charge < -0.3 is 38.5 Å². The van der Waals surface area contributed by atoms with Crippen LogP contribution in [0.25, 0.3) is 0 Å². The molecule has 0 aliphatic heterocycles. The molecule has 0 radical (unpaired) electrons. The number of methoxy groups -OCH3 is 6. The van der Waals surface area contributed by atoms with E-state index in [1.807, 2.05) is 0 Å². The van der Waals surface area contributed by atoms with Crippen LogP contribution in [-0.2, 0) is 0 Å². The lowest BCUT2D eigenvalue weighted by atomic mass is 10.1. The van der Waals surface area contributed by atoms with Gasteiger partial charge in [0.25, 0.3) is 5.91 Å². The standard InChI is InChI=1S/C34H31NO9/c1-38-27-19-31(42-5)29(40-3)17-25(27)33(36)35-23-13-9-21(10-14-23)7-8-22-11-15-24(16-12-22)44-34(37)26-18-30(41-4)32(43-6)20-28(26)39-2/h9-20H,1-6H3,(H,35,36). The maximum Gasteiger partial charge on any atom is 0.347 e. The molecular formula is C34H31NO9. The highest BCUT2D eigenvalue weighted by Gasteiger charge is 2.20. The third kappa shape index (κ3) is 7.14. The number of anilines is 1. The Bertz CT molecular complexity index is 1580. The number of benzene rings is 4. The van der Waals surface area contributed by atoms with Gasteiger partial charge in [-0.3, -0.25) is 4.79 Å². The highest BCUT2D eigenvalue weighted by Crippen LogP contribution is 2.36. The molecule has 1 N–H and O–H groups in total. The van der Waals surface area contributed by atoms with E-state index in [0.717, 1.165) is 5.56 Å². The minimum atomic E-state index is -0.613. The number of hydrogen-bond acceptors (Lipinski definition) is 9. The summed E-state index contributed by atoms with van der Waals surface area (Å²) in [6.45, 7) is 0. The number of amides is 1. The van der Waals surface area contributed by atoms with Crippen LogP contribution in [0, 0.1) is 11.8 Å². The van der Waals surface area contributed by atoms with E-state index in [0.29, 0.717) is 57.1 Å². The van der Waals surface area contributed by atoms with Crippen LogP contribution in [0.1, 0.15) is 31.8 Å². The van der Waals surface area contributed by atoms with Crippen molar-refractivity contribution in [3.63, 3.8) is 0 Å². The molecule has 0 bridgehead atoms. The van der Waals surface area contributed by atoms with E-state index in [-0.39, 0.29) is 11.5 Å². The van der Waals surface area contributed by atoms with E-state index in [2.05, 4.69) is 17.2 Å². The molecule has 10 nitrogen and oxygen atoms in total. The van der Waals surface area contributed by atoms with Crippen molar-refractivity contribution in [3.8, 4) is 52.1 Å². The normalized spacial score (nSPS) is 10.0. The Kier molecular flexibility index (Phi) is 10.2. The van der Waals surface area contributed by atoms with Crippen molar-refractivity contribution in [2.45, 2.75) is 0 Å². The van der Waals surface area contributed by atoms with E-state index < -0.39 is 5.97 Å². The van der Waals surface area contributed by atoms with Crippen LogP contribution in [0.15, 0.2) is 72.8 Å². The summed E-state index contributed by atoms with van der Waals surface area (Å²) >= 11 is 0. The molecule has 0 aliphatic carbocycles. The topological polar surface area (TPSA) is 111 Å². The van der Waals surface area contributed by atoms with Crippen LogP contribution in [-0.4, -0.2) is 54.5 Å². The van der Waals surface area contributed by atoms with E-state index in [4.69, 9.17) is 33.2 Å². The zero-order valence-electron chi connectivity index (χ0n) is 25.1. The molecule has 0 aromatic heterocycles. The van der Waals surface area contributed by atoms with Gasteiger partial charge >= 0.3 is 5.97 Å². The van der Waals surface area contributed by atoms with Crippen molar-refractivity contribution in [1.82, 2.24) is 0 Å². The van der Waals surface area contributed by atoms with Crippen LogP contribution < -0.4 is 38.5 Å². The molecule has 4 aromatic rings. The second-order valence-corrected chi connectivity index (χ2v) is 9.01. The summed E-state index contributed by atoms with van der Waals surface area (Å²) in [6.07, 6.45) is 0. The van der Waals surface area contributed by atoms with Gasteiger partial charge in [0.1, 0.15) is 22.8 Å². The zero-order valence-corrected chi connectivity index (χ0v) is 25.1. The van der Waals surface area contributed by atoms with E-state index in [9.17, 15) is 9.59 Å². The number of rotatable bonds is 10. The summed E-state index contributed by atoms with van der Waals surface area (Å²) < 4.78 is 37.3. The molecule has 226 valence electrons. The monoisotopic (exact) mass is 597 g/mol. The van der Waals surface area contributed by atoms with Crippen LogP contribution in [0.3, 0.4) is 0 Å². The van der Waals surface area contributed by atoms with E-state index in [1.54, 1.807) is 66.7 Å². The predicted molar refractivity (Wildman–Crippen MR) is 164 cm³/mol. The van der Waals surface area contributed by atoms with Gasteiger partial charge in [0, 0.05) is 41.1 Å². The van der Waals surface area contributed by atoms with Gasteiger partial charge in [-0.25, -0.2) is 4.79 Å². The Hall–Kier alpha value is -5.82. The van der Waals surface area contributed by atoms with Gasteiger partial charge in [-0.15, -0.1) is 0 Å². The van der Waals surface area contributed by atoms with E-state index >= 15 is 0 Å². The molecule has 0 aliphatic rings. The summed E-state index contributed by atoms with van der Waals surface area (Å²) in [6, 6.07) is 20.1. The smallest absolute Gasteiger partial charge is 0.347 e. The largest absolute Gasteiger partial charge is 0.496 e. The summed E-state index contributed by atoms with van der Waals surface area (Å²) in [4.78, 5) is 25.8. The fourth-order valence-electron chi connectivity index (χ4n) is 4.14. The molecule has 0 unspecified atom stereocenters. The van der Waals surface area contributed by atoms with Crippen LogP contribution >= 0.6 is 0 Å². The fourth-order valence-corrected chi connectivity index (χ4v) is 4.14. The van der Waals surface area contributed by atoms with Crippen molar-refractivity contribution in [2.24, 2.45) is 0 Å². The minimum absolute atomic E-state index is 0.191. The Labute approximate surface area is 255 Å². The van der Waals surface area contributed by atoms with Gasteiger partial charge in [-0.1, -0.05) is 11.8 Å². The number of nitrogens with one attached hydrogen (secondary N) is 1. The molecule has 0 atom stereocenters. The fraction of sp³-hybridized carbons (Fsp3) is 0.176. The molecule has 4 aromatic carbocycles. The van der Waals surface area contributed by atoms with Gasteiger partial charge in [0.05, 0.1) is 48.2 Å². The first kappa shape index (κ1) is 31.1. The molecule has 0 saturated carbocycles. The summed E-state index contributed by atoms with van der Waals surface area (Å²) in [5.74, 6) is 7.82. The lowest BCUT2D eigenvalue weighted by Gasteiger charge is -2.14. The predicted octanol–water partition coefficient (Wildman–Crippen LogP) is 5.61. The highest BCUT2D eigenvalue weighted by molar-refractivity contribution is 6.06. The molecule has 10 heteroatoms. The quantitative estimate of drug-likeness (QED) is 0.142. The Balaban J connectivity index is 1.41. The average molecular weight is 598 g/mol. The molecular weight excluding hydrogens is 566 g/mol. The zero-order chi connectivity index (χ0) is 31.6. The summed E-state index contributed by atoms with van der Waals surface area (Å²) in [5.41, 5.74) is 2.52. The average Bonchev–Trinajstić information content (AvgIpc) is 3.07. The number of carbonyl (C=O) groups is 2. The van der Waals surface area contributed by atoms with Crippen LogP contribution in [0.2, 0.25) is 0 Å². The number of ether oxygens (including phenoxy) is 7. The minimum Gasteiger partial charge on any atom is -0.496 e. The van der Waals surface area contributed by atoms with Crippen molar-refractivity contribution in [1.29, 1.82) is 0 Å². The second-order valence-electron chi connectivity index (χ2n) is 9.01. The van der Waals surface area contributed by atoms with Gasteiger partial charge in [0.2, 0.25) is 0 Å². The molecule has 1 amide bonds. The maximum absolute atomic E-state index is 13.0. The van der Waals surface area contributed by atoms with Gasteiger partial charge in [-0.2, -0.15) is 0 Å².